The first kappa shape index (κ1) is 16.6. The van der Waals surface area contributed by atoms with Gasteiger partial charge in [0.15, 0.2) is 5.13 Å². The maximum Gasteiger partial charge on any atom is 0.271 e. The minimum absolute atomic E-state index is 0.227. The van der Waals surface area contributed by atoms with Gasteiger partial charge in [-0.2, -0.15) is 0 Å². The molecule has 1 heterocycles. The average molecular weight is 347 g/mol. The van der Waals surface area contributed by atoms with Crippen LogP contribution in [-0.2, 0) is 10.3 Å². The summed E-state index contributed by atoms with van der Waals surface area (Å²) in [5.41, 5.74) is 0.701. The molecule has 1 aromatic heterocycles. The standard InChI is InChI=1S/C17H18FN3O2S/c1-11(22)19-16-20-14(10-24-16)15(23)21-17(8-2-3-9-17)12-4-6-13(18)7-5-12/h4-7,10H,2-3,8-9H2,1H3,(H,21,23)(H,19,20,22). The Bertz CT molecular complexity index is 751. The highest BCUT2D eigenvalue weighted by atomic mass is 32.1. The topological polar surface area (TPSA) is 71.1 Å². The molecule has 0 spiro atoms. The molecule has 2 aromatic rings. The van der Waals surface area contributed by atoms with Gasteiger partial charge in [-0.3, -0.25) is 9.59 Å². The van der Waals surface area contributed by atoms with Crippen molar-refractivity contribution < 1.29 is 14.0 Å². The number of thiazole rings is 1. The van der Waals surface area contributed by atoms with Crippen molar-refractivity contribution in [2.24, 2.45) is 0 Å². The van der Waals surface area contributed by atoms with Gasteiger partial charge in [0.25, 0.3) is 5.91 Å². The number of anilines is 1. The van der Waals surface area contributed by atoms with Crippen molar-refractivity contribution in [3.05, 3.63) is 46.7 Å². The third kappa shape index (κ3) is 3.46. The SMILES string of the molecule is CC(=O)Nc1nc(C(=O)NC2(c3ccc(F)cc3)CCCC2)cs1. The van der Waals surface area contributed by atoms with Crippen LogP contribution < -0.4 is 10.6 Å². The smallest absolute Gasteiger partial charge is 0.271 e. The fourth-order valence-electron chi connectivity index (χ4n) is 3.10. The Morgan fingerprint density at radius 2 is 1.88 bits per heavy atom. The van der Waals surface area contributed by atoms with Gasteiger partial charge in [0.05, 0.1) is 5.54 Å². The van der Waals surface area contributed by atoms with E-state index in [1.54, 1.807) is 17.5 Å². The summed E-state index contributed by atoms with van der Waals surface area (Å²) >= 11 is 1.21. The number of nitrogens with zero attached hydrogens (tertiary/aromatic N) is 1. The van der Waals surface area contributed by atoms with E-state index in [1.807, 2.05) is 0 Å². The van der Waals surface area contributed by atoms with Gasteiger partial charge in [-0.25, -0.2) is 9.37 Å². The molecule has 3 rings (SSSR count). The molecule has 0 unspecified atom stereocenters. The number of hydrogen-bond acceptors (Lipinski definition) is 4. The zero-order chi connectivity index (χ0) is 17.2. The van der Waals surface area contributed by atoms with Crippen molar-refractivity contribution in [2.45, 2.75) is 38.1 Å². The summed E-state index contributed by atoms with van der Waals surface area (Å²) < 4.78 is 13.2. The highest BCUT2D eigenvalue weighted by Crippen LogP contribution is 2.39. The van der Waals surface area contributed by atoms with Crippen LogP contribution in [0.1, 0.15) is 48.7 Å². The Labute approximate surface area is 143 Å². The van der Waals surface area contributed by atoms with Gasteiger partial charge < -0.3 is 10.6 Å². The molecule has 2 N–H and O–H groups in total. The Kier molecular flexibility index (Phi) is 4.62. The molecule has 2 amide bonds. The molecular weight excluding hydrogens is 329 g/mol. The fourth-order valence-corrected chi connectivity index (χ4v) is 3.84. The van der Waals surface area contributed by atoms with E-state index < -0.39 is 5.54 Å². The third-order valence-electron chi connectivity index (χ3n) is 4.23. The molecule has 1 saturated carbocycles. The Morgan fingerprint density at radius 1 is 1.21 bits per heavy atom. The van der Waals surface area contributed by atoms with E-state index in [2.05, 4.69) is 15.6 Å². The zero-order valence-corrected chi connectivity index (χ0v) is 14.1. The van der Waals surface area contributed by atoms with E-state index in [1.165, 1.54) is 30.4 Å². The molecule has 5 nitrogen and oxygen atoms in total. The average Bonchev–Trinajstić information content (AvgIpc) is 3.17. The monoisotopic (exact) mass is 347 g/mol. The van der Waals surface area contributed by atoms with Crippen molar-refractivity contribution in [2.75, 3.05) is 5.32 Å². The van der Waals surface area contributed by atoms with Gasteiger partial charge in [-0.05, 0) is 30.5 Å². The molecule has 1 aromatic carbocycles. The summed E-state index contributed by atoms with van der Waals surface area (Å²) in [5.74, 6) is -0.804. The minimum Gasteiger partial charge on any atom is -0.341 e. The second-order valence-corrected chi connectivity index (χ2v) is 6.83. The molecular formula is C17H18FN3O2S. The van der Waals surface area contributed by atoms with Crippen molar-refractivity contribution in [1.29, 1.82) is 0 Å². The molecule has 1 fully saturated rings. The largest absolute Gasteiger partial charge is 0.341 e. The lowest BCUT2D eigenvalue weighted by atomic mass is 9.88. The number of benzene rings is 1. The van der Waals surface area contributed by atoms with E-state index in [9.17, 15) is 14.0 Å². The number of hydrogen-bond donors (Lipinski definition) is 2. The molecule has 126 valence electrons. The van der Waals surface area contributed by atoms with Gasteiger partial charge in [0.1, 0.15) is 11.5 Å². The van der Waals surface area contributed by atoms with Crippen LogP contribution in [0.2, 0.25) is 0 Å². The van der Waals surface area contributed by atoms with Crippen molar-refractivity contribution in [1.82, 2.24) is 10.3 Å². The second kappa shape index (κ2) is 6.68. The van der Waals surface area contributed by atoms with E-state index in [-0.39, 0.29) is 23.3 Å². The van der Waals surface area contributed by atoms with Crippen LogP contribution in [0, 0.1) is 5.82 Å². The highest BCUT2D eigenvalue weighted by molar-refractivity contribution is 7.14. The van der Waals surface area contributed by atoms with E-state index in [0.717, 1.165) is 31.2 Å². The predicted molar refractivity (Wildman–Crippen MR) is 90.4 cm³/mol. The van der Waals surface area contributed by atoms with Crippen LogP contribution in [-0.4, -0.2) is 16.8 Å². The number of nitrogens with one attached hydrogen (secondary N) is 2. The van der Waals surface area contributed by atoms with Crippen LogP contribution in [0.5, 0.6) is 0 Å². The summed E-state index contributed by atoms with van der Waals surface area (Å²) in [5, 5.41) is 7.67. The number of carbonyl (C=O) groups is 2. The molecule has 0 aliphatic heterocycles. The molecule has 0 bridgehead atoms. The summed E-state index contributed by atoms with van der Waals surface area (Å²) in [6.07, 6.45) is 3.64. The predicted octanol–water partition coefficient (Wildman–Crippen LogP) is 3.44. The summed E-state index contributed by atoms with van der Waals surface area (Å²) in [6, 6.07) is 6.29. The molecule has 1 aliphatic rings. The van der Waals surface area contributed by atoms with Gasteiger partial charge in [0.2, 0.25) is 5.91 Å². The second-order valence-electron chi connectivity index (χ2n) is 5.97. The van der Waals surface area contributed by atoms with Crippen LogP contribution >= 0.6 is 11.3 Å². The van der Waals surface area contributed by atoms with Crippen LogP contribution in [0.4, 0.5) is 9.52 Å². The van der Waals surface area contributed by atoms with Gasteiger partial charge in [-0.1, -0.05) is 25.0 Å². The van der Waals surface area contributed by atoms with Gasteiger partial charge in [-0.15, -0.1) is 11.3 Å². The van der Waals surface area contributed by atoms with Crippen molar-refractivity contribution >= 4 is 28.3 Å². The zero-order valence-electron chi connectivity index (χ0n) is 13.3. The first-order chi connectivity index (χ1) is 11.5. The van der Waals surface area contributed by atoms with Crippen LogP contribution in [0.25, 0.3) is 0 Å². The number of rotatable bonds is 4. The minimum atomic E-state index is -0.484. The third-order valence-corrected chi connectivity index (χ3v) is 4.98. The number of amides is 2. The quantitative estimate of drug-likeness (QED) is 0.890. The lowest BCUT2D eigenvalue weighted by Crippen LogP contribution is -2.44. The lowest BCUT2D eigenvalue weighted by Gasteiger charge is -2.30. The molecule has 1 aliphatic carbocycles. The Balaban J connectivity index is 1.80. The molecule has 0 atom stereocenters. The van der Waals surface area contributed by atoms with E-state index in [4.69, 9.17) is 0 Å². The van der Waals surface area contributed by atoms with Gasteiger partial charge >= 0.3 is 0 Å². The Hall–Kier alpha value is -2.28. The molecule has 7 heteroatoms. The first-order valence-corrected chi connectivity index (χ1v) is 8.68. The summed E-state index contributed by atoms with van der Waals surface area (Å²) in [7, 11) is 0. The van der Waals surface area contributed by atoms with Crippen molar-refractivity contribution in [3.8, 4) is 0 Å². The maximum absolute atomic E-state index is 13.2. The fraction of sp³-hybridized carbons (Fsp3) is 0.353. The summed E-state index contributed by atoms with van der Waals surface area (Å²) in [4.78, 5) is 27.8. The Morgan fingerprint density at radius 3 is 2.50 bits per heavy atom. The van der Waals surface area contributed by atoms with Gasteiger partial charge in [0, 0.05) is 12.3 Å². The van der Waals surface area contributed by atoms with Crippen LogP contribution in [0.15, 0.2) is 29.6 Å². The number of aromatic nitrogens is 1. The normalized spacial score (nSPS) is 15.9. The molecule has 0 saturated heterocycles. The number of carbonyl (C=O) groups excluding carboxylic acids is 2. The summed E-state index contributed by atoms with van der Waals surface area (Å²) in [6.45, 7) is 1.39. The number of halogens is 1. The maximum atomic E-state index is 13.2. The lowest BCUT2D eigenvalue weighted by molar-refractivity contribution is -0.114. The highest BCUT2D eigenvalue weighted by Gasteiger charge is 2.37. The van der Waals surface area contributed by atoms with E-state index >= 15 is 0 Å². The first-order valence-electron chi connectivity index (χ1n) is 7.80. The molecule has 24 heavy (non-hydrogen) atoms. The van der Waals surface area contributed by atoms with E-state index in [0.29, 0.717) is 5.13 Å². The van der Waals surface area contributed by atoms with Crippen LogP contribution in [0.3, 0.4) is 0 Å². The van der Waals surface area contributed by atoms with Crippen molar-refractivity contribution in [3.63, 3.8) is 0 Å². The molecule has 0 radical (unpaired) electrons.